The lowest BCUT2D eigenvalue weighted by Gasteiger charge is -2.18. The highest BCUT2D eigenvalue weighted by molar-refractivity contribution is 7.22. The van der Waals surface area contributed by atoms with E-state index in [0.717, 1.165) is 11.0 Å². The minimum atomic E-state index is -0.610. The quantitative estimate of drug-likeness (QED) is 0.282. The van der Waals surface area contributed by atoms with Crippen LogP contribution in [0.3, 0.4) is 0 Å². The molecule has 1 N–H and O–H groups in total. The number of aliphatic hydroxyl groups excluding tert-OH is 1. The molecule has 0 unspecified atom stereocenters. The number of aliphatic hydroxyl groups is 1. The lowest BCUT2D eigenvalue weighted by atomic mass is 10.1. The number of benzene rings is 1. The summed E-state index contributed by atoms with van der Waals surface area (Å²) in [4.78, 5) is 46.6. The molecule has 11 nitrogen and oxygen atoms in total. The topological polar surface area (TPSA) is 129 Å². The van der Waals surface area contributed by atoms with Gasteiger partial charge >= 0.3 is 5.69 Å². The Balaban J connectivity index is 0.000000850. The average molecular weight is 591 g/mol. The zero-order valence-corrected chi connectivity index (χ0v) is 24.6. The fourth-order valence-electron chi connectivity index (χ4n) is 4.25. The molecule has 0 atom stereocenters. The van der Waals surface area contributed by atoms with Gasteiger partial charge in [0.05, 0.1) is 36.8 Å². The standard InChI is InChI=1S/C25H27FN4O5S.C3H8O2/c1-5-10-28(3)19(31)14-30-23(32)20-15(2)21(22-27-9-12-35-22)36-24(20)29(25(30)33)11-8-16-13-17(26)6-7-18(16)34-4;1-5-3-2-4/h6-7,9,12-13H,5,8,10-11,14H2,1-4H3;4H,2-3H2,1H3. The van der Waals surface area contributed by atoms with Crippen molar-refractivity contribution in [3.63, 3.8) is 0 Å². The molecule has 0 saturated heterocycles. The second-order valence-electron chi connectivity index (χ2n) is 9.14. The van der Waals surface area contributed by atoms with Crippen LogP contribution in [0.4, 0.5) is 4.39 Å². The van der Waals surface area contributed by atoms with E-state index in [1.54, 1.807) is 21.1 Å². The first-order chi connectivity index (χ1) is 19.7. The number of thiophene rings is 1. The Labute approximate surface area is 240 Å². The summed E-state index contributed by atoms with van der Waals surface area (Å²) in [6.07, 6.45) is 3.95. The summed E-state index contributed by atoms with van der Waals surface area (Å²) in [5, 5.41) is 8.27. The Hall–Kier alpha value is -3.81. The number of ether oxygens (including phenoxy) is 2. The number of halogens is 1. The van der Waals surface area contributed by atoms with Gasteiger partial charge in [0.1, 0.15) is 29.2 Å². The number of hydrogen-bond donors (Lipinski definition) is 1. The van der Waals surface area contributed by atoms with Crippen LogP contribution < -0.4 is 16.0 Å². The van der Waals surface area contributed by atoms with Crippen molar-refractivity contribution in [3.8, 4) is 16.5 Å². The normalized spacial score (nSPS) is 10.9. The Morgan fingerprint density at radius 1 is 1.24 bits per heavy atom. The lowest BCUT2D eigenvalue weighted by molar-refractivity contribution is -0.130. The third-order valence-corrected chi connectivity index (χ3v) is 7.64. The van der Waals surface area contributed by atoms with E-state index in [9.17, 15) is 18.8 Å². The van der Waals surface area contributed by atoms with Gasteiger partial charge in [-0.3, -0.25) is 18.7 Å². The smallest absolute Gasteiger partial charge is 0.332 e. The maximum Gasteiger partial charge on any atom is 0.332 e. The largest absolute Gasteiger partial charge is 0.496 e. The molecule has 0 saturated carbocycles. The van der Waals surface area contributed by atoms with E-state index in [0.29, 0.717) is 51.0 Å². The average Bonchev–Trinajstić information content (AvgIpc) is 3.60. The van der Waals surface area contributed by atoms with Gasteiger partial charge in [-0.05, 0) is 49.1 Å². The number of aromatic nitrogens is 3. The number of carbonyl (C=O) groups is 1. The molecule has 0 aliphatic rings. The van der Waals surface area contributed by atoms with Crippen molar-refractivity contribution >= 4 is 27.5 Å². The van der Waals surface area contributed by atoms with Crippen LogP contribution >= 0.6 is 11.3 Å². The number of nitrogens with zero attached hydrogens (tertiary/aromatic N) is 4. The number of carbonyl (C=O) groups excluding carboxylic acids is 1. The first-order valence-electron chi connectivity index (χ1n) is 13.0. The molecular weight excluding hydrogens is 555 g/mol. The predicted octanol–water partition coefficient (Wildman–Crippen LogP) is 3.07. The van der Waals surface area contributed by atoms with Crippen molar-refractivity contribution in [1.29, 1.82) is 0 Å². The Morgan fingerprint density at radius 3 is 2.59 bits per heavy atom. The Bertz CT molecular complexity index is 1580. The predicted molar refractivity (Wildman–Crippen MR) is 154 cm³/mol. The van der Waals surface area contributed by atoms with E-state index < -0.39 is 17.1 Å². The highest BCUT2D eigenvalue weighted by Crippen LogP contribution is 2.35. The molecule has 0 spiro atoms. The highest BCUT2D eigenvalue weighted by Gasteiger charge is 2.24. The second kappa shape index (κ2) is 14.7. The molecule has 0 radical (unpaired) electrons. The third-order valence-electron chi connectivity index (χ3n) is 6.34. The van der Waals surface area contributed by atoms with Gasteiger partial charge < -0.3 is 23.9 Å². The van der Waals surface area contributed by atoms with Crippen LogP contribution in [-0.4, -0.2) is 71.1 Å². The zero-order chi connectivity index (χ0) is 30.1. The summed E-state index contributed by atoms with van der Waals surface area (Å²) in [5.74, 6) is 0.0722. The van der Waals surface area contributed by atoms with E-state index in [1.165, 1.54) is 58.6 Å². The van der Waals surface area contributed by atoms with Crippen LogP contribution in [0.2, 0.25) is 0 Å². The summed E-state index contributed by atoms with van der Waals surface area (Å²) in [5.41, 5.74) is 0.0404. The van der Waals surface area contributed by atoms with Gasteiger partial charge in [-0.2, -0.15) is 0 Å². The Morgan fingerprint density at radius 2 is 2.00 bits per heavy atom. The van der Waals surface area contributed by atoms with Gasteiger partial charge in [0.15, 0.2) is 0 Å². The zero-order valence-electron chi connectivity index (χ0n) is 23.8. The van der Waals surface area contributed by atoms with Crippen LogP contribution in [0.15, 0.2) is 44.7 Å². The van der Waals surface area contributed by atoms with Crippen LogP contribution in [0, 0.1) is 12.7 Å². The molecule has 0 aliphatic heterocycles. The maximum absolute atomic E-state index is 13.9. The molecule has 41 heavy (non-hydrogen) atoms. The number of rotatable bonds is 11. The number of amides is 1. The van der Waals surface area contributed by atoms with Gasteiger partial charge in [-0.25, -0.2) is 14.2 Å². The number of fused-ring (bicyclic) bond motifs is 1. The third kappa shape index (κ3) is 7.29. The van der Waals surface area contributed by atoms with Crippen LogP contribution in [0.5, 0.6) is 5.75 Å². The minimum Gasteiger partial charge on any atom is -0.496 e. The van der Waals surface area contributed by atoms with Crippen molar-refractivity contribution in [2.45, 2.75) is 39.8 Å². The van der Waals surface area contributed by atoms with Gasteiger partial charge in [-0.1, -0.05) is 6.92 Å². The number of aryl methyl sites for hydroxylation is 3. The van der Waals surface area contributed by atoms with E-state index in [-0.39, 0.29) is 32.0 Å². The fraction of sp³-hybridized carbons (Fsp3) is 0.429. The van der Waals surface area contributed by atoms with E-state index in [4.69, 9.17) is 14.3 Å². The van der Waals surface area contributed by atoms with Crippen molar-refractivity contribution in [2.24, 2.45) is 0 Å². The van der Waals surface area contributed by atoms with Crippen molar-refractivity contribution in [1.82, 2.24) is 19.0 Å². The number of likely N-dealkylation sites (N-methyl/N-ethyl adjacent to an activating group) is 1. The molecule has 3 aromatic heterocycles. The maximum atomic E-state index is 13.9. The highest BCUT2D eigenvalue weighted by atomic mass is 32.1. The molecule has 13 heteroatoms. The van der Waals surface area contributed by atoms with Gasteiger partial charge in [0, 0.05) is 27.2 Å². The van der Waals surface area contributed by atoms with Gasteiger partial charge in [0.2, 0.25) is 11.8 Å². The van der Waals surface area contributed by atoms with E-state index in [1.807, 2.05) is 6.92 Å². The Kier molecular flexibility index (Phi) is 11.4. The van der Waals surface area contributed by atoms with Crippen molar-refractivity contribution in [2.75, 3.05) is 41.0 Å². The molecule has 3 heterocycles. The molecule has 4 aromatic rings. The van der Waals surface area contributed by atoms with Gasteiger partial charge in [-0.15, -0.1) is 11.3 Å². The molecule has 222 valence electrons. The number of oxazole rings is 1. The summed E-state index contributed by atoms with van der Waals surface area (Å²) < 4.78 is 31.6. The monoisotopic (exact) mass is 590 g/mol. The minimum absolute atomic E-state index is 0.122. The summed E-state index contributed by atoms with van der Waals surface area (Å²) in [6, 6.07) is 4.19. The summed E-state index contributed by atoms with van der Waals surface area (Å²) >= 11 is 1.22. The van der Waals surface area contributed by atoms with Crippen LogP contribution in [0.25, 0.3) is 21.0 Å². The molecule has 0 bridgehead atoms. The molecular formula is C28H35FN4O7S. The van der Waals surface area contributed by atoms with Crippen LogP contribution in [0.1, 0.15) is 24.5 Å². The van der Waals surface area contributed by atoms with Gasteiger partial charge in [0.25, 0.3) is 5.56 Å². The summed E-state index contributed by atoms with van der Waals surface area (Å²) in [7, 11) is 4.68. The second-order valence-corrected chi connectivity index (χ2v) is 10.1. The van der Waals surface area contributed by atoms with E-state index >= 15 is 0 Å². The SMILES string of the molecule is CCCN(C)C(=O)Cn1c(=O)c2c(C)c(-c3ncco3)sc2n(CCc2cc(F)ccc2OC)c1=O.COCCO. The molecule has 0 aliphatic carbocycles. The first kappa shape index (κ1) is 31.7. The van der Waals surface area contributed by atoms with Crippen molar-refractivity contribution < 1.29 is 28.2 Å². The molecule has 0 fully saturated rings. The van der Waals surface area contributed by atoms with Crippen LogP contribution in [-0.2, 0) is 29.0 Å². The molecule has 4 rings (SSSR count). The number of hydrogen-bond acceptors (Lipinski definition) is 9. The fourth-order valence-corrected chi connectivity index (χ4v) is 5.51. The number of methoxy groups -OCH3 is 2. The van der Waals surface area contributed by atoms with Crippen molar-refractivity contribution in [3.05, 3.63) is 68.4 Å². The molecule has 1 aromatic carbocycles. The lowest BCUT2D eigenvalue weighted by Crippen LogP contribution is -2.44. The van der Waals surface area contributed by atoms with E-state index in [2.05, 4.69) is 9.72 Å². The molecule has 1 amide bonds. The first-order valence-corrected chi connectivity index (χ1v) is 13.8. The summed E-state index contributed by atoms with van der Waals surface area (Å²) in [6.45, 7) is 4.54.